The van der Waals surface area contributed by atoms with Crippen molar-refractivity contribution < 1.29 is 4.79 Å². The third-order valence-electron chi connectivity index (χ3n) is 10.7. The van der Waals surface area contributed by atoms with Crippen LogP contribution in [0, 0.1) is 52.3 Å². The Morgan fingerprint density at radius 1 is 1.00 bits per heavy atom. The summed E-state index contributed by atoms with van der Waals surface area (Å²) in [6, 6.07) is 0. The van der Waals surface area contributed by atoms with Gasteiger partial charge in [0.05, 0.1) is 0 Å². The molecular formula is C29H46O. The summed E-state index contributed by atoms with van der Waals surface area (Å²) in [5.41, 5.74) is 2.34. The number of hydrogen-bond donors (Lipinski definition) is 0. The molecule has 8 atom stereocenters. The molecule has 1 heteroatoms. The first-order valence-corrected chi connectivity index (χ1v) is 13.1. The molecule has 4 aliphatic carbocycles. The molecule has 1 nitrogen and oxygen atoms in total. The van der Waals surface area contributed by atoms with Crippen molar-refractivity contribution in [3.63, 3.8) is 0 Å². The summed E-state index contributed by atoms with van der Waals surface area (Å²) in [6.45, 7) is 14.7. The van der Waals surface area contributed by atoms with Crippen molar-refractivity contribution in [3.8, 4) is 0 Å². The minimum atomic E-state index is 0.313. The average Bonchev–Trinajstić information content (AvgIpc) is 3.06. The molecule has 0 heterocycles. The van der Waals surface area contributed by atoms with Gasteiger partial charge in [-0.15, -0.1) is 0 Å². The number of carbonyl (C=O) groups is 1. The van der Waals surface area contributed by atoms with Crippen LogP contribution in [0.4, 0.5) is 0 Å². The van der Waals surface area contributed by atoms with Gasteiger partial charge in [-0.05, 0) is 110 Å². The molecule has 0 amide bonds. The predicted octanol–water partition coefficient (Wildman–Crippen LogP) is 8.01. The van der Waals surface area contributed by atoms with E-state index in [0.29, 0.717) is 22.5 Å². The van der Waals surface area contributed by atoms with Gasteiger partial charge in [-0.25, -0.2) is 0 Å². The number of hydrogen-bond acceptors (Lipinski definition) is 1. The SMILES string of the molecule is CC[C@H](/C=C/[C@@H](C)[C@@H]1CC[C@@H]2[C@H]3CCC4=CC(=O)CC[C@@]4(C)[C@@H]3CC[C@@]21C)C(C)C. The van der Waals surface area contributed by atoms with Crippen LogP contribution in [-0.2, 0) is 4.79 Å². The van der Waals surface area contributed by atoms with Gasteiger partial charge in [0.15, 0.2) is 5.78 Å². The quantitative estimate of drug-likeness (QED) is 0.419. The topological polar surface area (TPSA) is 17.1 Å². The monoisotopic (exact) mass is 410 g/mol. The zero-order valence-corrected chi connectivity index (χ0v) is 20.5. The normalized spacial score (nSPS) is 43.2. The molecule has 168 valence electrons. The highest BCUT2D eigenvalue weighted by atomic mass is 16.1. The van der Waals surface area contributed by atoms with Crippen LogP contribution >= 0.6 is 0 Å². The Bertz CT molecular complexity index is 714. The van der Waals surface area contributed by atoms with E-state index in [1.54, 1.807) is 0 Å². The van der Waals surface area contributed by atoms with Crippen molar-refractivity contribution in [2.45, 2.75) is 99.3 Å². The summed E-state index contributed by atoms with van der Waals surface area (Å²) in [4.78, 5) is 12.1. The second-order valence-corrected chi connectivity index (χ2v) is 12.3. The van der Waals surface area contributed by atoms with Crippen molar-refractivity contribution in [1.29, 1.82) is 0 Å². The summed E-state index contributed by atoms with van der Waals surface area (Å²) in [5.74, 6) is 6.01. The van der Waals surface area contributed by atoms with Gasteiger partial charge in [-0.2, -0.15) is 0 Å². The average molecular weight is 411 g/mol. The Kier molecular flexibility index (Phi) is 6.15. The summed E-state index contributed by atoms with van der Waals surface area (Å²) in [6.07, 6.45) is 18.5. The molecule has 3 fully saturated rings. The molecule has 0 N–H and O–H groups in total. The smallest absolute Gasteiger partial charge is 0.155 e. The molecule has 0 aromatic rings. The molecule has 3 saturated carbocycles. The van der Waals surface area contributed by atoms with E-state index in [2.05, 4.69) is 59.8 Å². The van der Waals surface area contributed by atoms with Crippen LogP contribution in [0.2, 0.25) is 0 Å². The number of allylic oxidation sites excluding steroid dienone is 3. The van der Waals surface area contributed by atoms with E-state index in [1.165, 1.54) is 50.5 Å². The summed E-state index contributed by atoms with van der Waals surface area (Å²) in [7, 11) is 0. The number of fused-ring (bicyclic) bond motifs is 5. The Balaban J connectivity index is 1.52. The number of ketones is 1. The van der Waals surface area contributed by atoms with Gasteiger partial charge in [0.25, 0.3) is 0 Å². The Morgan fingerprint density at radius 3 is 2.47 bits per heavy atom. The van der Waals surface area contributed by atoms with Crippen LogP contribution in [-0.4, -0.2) is 5.78 Å². The van der Waals surface area contributed by atoms with Gasteiger partial charge in [0.1, 0.15) is 0 Å². The van der Waals surface area contributed by atoms with Gasteiger partial charge >= 0.3 is 0 Å². The molecule has 4 aliphatic rings. The molecule has 0 spiro atoms. The van der Waals surface area contributed by atoms with E-state index in [0.717, 1.165) is 48.3 Å². The lowest BCUT2D eigenvalue weighted by atomic mass is 9.46. The molecule has 0 unspecified atom stereocenters. The Hall–Kier alpha value is -0.850. The predicted molar refractivity (Wildman–Crippen MR) is 127 cm³/mol. The Morgan fingerprint density at radius 2 is 1.77 bits per heavy atom. The highest BCUT2D eigenvalue weighted by molar-refractivity contribution is 5.91. The maximum absolute atomic E-state index is 12.1. The minimum absolute atomic E-state index is 0.313. The standard InChI is InChI=1S/C29H46O/c1-7-21(19(2)3)9-8-20(4)25-12-13-26-24-11-10-22-18-23(30)14-16-28(22,5)27(24)15-17-29(25,26)6/h8-9,18-21,24-27H,7,10-17H2,1-6H3/b9-8+/t20-,21-,24-,25+,26-,27-,28-,29-/m1/s1. The van der Waals surface area contributed by atoms with Crippen LogP contribution in [0.25, 0.3) is 0 Å². The highest BCUT2D eigenvalue weighted by Crippen LogP contribution is 2.67. The van der Waals surface area contributed by atoms with Crippen molar-refractivity contribution in [2.75, 3.05) is 0 Å². The van der Waals surface area contributed by atoms with Crippen molar-refractivity contribution in [3.05, 3.63) is 23.8 Å². The van der Waals surface area contributed by atoms with Crippen LogP contribution in [0.3, 0.4) is 0 Å². The van der Waals surface area contributed by atoms with Gasteiger partial charge in [0, 0.05) is 6.42 Å². The van der Waals surface area contributed by atoms with E-state index in [9.17, 15) is 4.79 Å². The minimum Gasteiger partial charge on any atom is -0.295 e. The maximum Gasteiger partial charge on any atom is 0.155 e. The van der Waals surface area contributed by atoms with E-state index >= 15 is 0 Å². The molecule has 0 aliphatic heterocycles. The van der Waals surface area contributed by atoms with Crippen molar-refractivity contribution >= 4 is 5.78 Å². The molecule has 30 heavy (non-hydrogen) atoms. The third kappa shape index (κ3) is 3.57. The fraction of sp³-hybridized carbons (Fsp3) is 0.828. The van der Waals surface area contributed by atoms with E-state index in [1.807, 2.05) is 0 Å². The fourth-order valence-electron chi connectivity index (χ4n) is 8.75. The molecule has 4 rings (SSSR count). The van der Waals surface area contributed by atoms with Crippen LogP contribution in [0.15, 0.2) is 23.8 Å². The van der Waals surface area contributed by atoms with Gasteiger partial charge in [-0.1, -0.05) is 59.3 Å². The fourth-order valence-corrected chi connectivity index (χ4v) is 8.75. The Labute approximate surface area is 186 Å². The molecule has 0 aromatic heterocycles. The number of rotatable bonds is 5. The van der Waals surface area contributed by atoms with Crippen molar-refractivity contribution in [2.24, 2.45) is 52.3 Å². The highest BCUT2D eigenvalue weighted by Gasteiger charge is 2.59. The van der Waals surface area contributed by atoms with Gasteiger partial charge in [-0.3, -0.25) is 4.79 Å². The molecule has 0 saturated heterocycles. The van der Waals surface area contributed by atoms with Crippen LogP contribution in [0.1, 0.15) is 99.3 Å². The largest absolute Gasteiger partial charge is 0.295 e. The first-order chi connectivity index (χ1) is 14.2. The molecule has 0 aromatic carbocycles. The molecule has 0 bridgehead atoms. The van der Waals surface area contributed by atoms with E-state index < -0.39 is 0 Å². The van der Waals surface area contributed by atoms with Gasteiger partial charge < -0.3 is 0 Å². The molecular weight excluding hydrogens is 364 g/mol. The van der Waals surface area contributed by atoms with Crippen LogP contribution in [0.5, 0.6) is 0 Å². The number of carbonyl (C=O) groups excluding carboxylic acids is 1. The molecule has 0 radical (unpaired) electrons. The zero-order chi connectivity index (χ0) is 21.7. The summed E-state index contributed by atoms with van der Waals surface area (Å²) in [5, 5.41) is 0. The first-order valence-electron chi connectivity index (χ1n) is 13.1. The second kappa shape index (κ2) is 8.25. The van der Waals surface area contributed by atoms with E-state index in [-0.39, 0.29) is 0 Å². The van der Waals surface area contributed by atoms with Crippen molar-refractivity contribution in [1.82, 2.24) is 0 Å². The second-order valence-electron chi connectivity index (χ2n) is 12.3. The first kappa shape index (κ1) is 22.3. The van der Waals surface area contributed by atoms with Gasteiger partial charge in [0.2, 0.25) is 0 Å². The van der Waals surface area contributed by atoms with Crippen LogP contribution < -0.4 is 0 Å². The summed E-state index contributed by atoms with van der Waals surface area (Å²) >= 11 is 0. The summed E-state index contributed by atoms with van der Waals surface area (Å²) < 4.78 is 0. The lowest BCUT2D eigenvalue weighted by Gasteiger charge is -2.58. The third-order valence-corrected chi connectivity index (χ3v) is 10.7. The maximum atomic E-state index is 12.1. The zero-order valence-electron chi connectivity index (χ0n) is 20.5. The van der Waals surface area contributed by atoms with E-state index in [4.69, 9.17) is 0 Å². The lowest BCUT2D eigenvalue weighted by molar-refractivity contribution is -0.117. The lowest BCUT2D eigenvalue weighted by Crippen LogP contribution is -2.50.